The molecule has 3 aromatic rings. The van der Waals surface area contributed by atoms with E-state index >= 15 is 0 Å². The zero-order valence-corrected chi connectivity index (χ0v) is 14.4. The Morgan fingerprint density at radius 3 is 2.74 bits per heavy atom. The molecule has 1 amide bonds. The van der Waals surface area contributed by atoms with Crippen molar-refractivity contribution in [2.45, 2.75) is 0 Å². The Morgan fingerprint density at radius 1 is 1.22 bits per heavy atom. The number of amides is 1. The van der Waals surface area contributed by atoms with Gasteiger partial charge >= 0.3 is 0 Å². The number of phenolic OH excluding ortho intramolecular Hbond substituents is 1. The van der Waals surface area contributed by atoms with E-state index in [0.29, 0.717) is 17.1 Å². The minimum atomic E-state index is -0.579. The number of rotatable bonds is 5. The molecule has 27 heavy (non-hydrogen) atoms. The highest BCUT2D eigenvalue weighted by Gasteiger charge is 2.15. The van der Waals surface area contributed by atoms with Crippen LogP contribution in [0.15, 0.2) is 64.1 Å². The summed E-state index contributed by atoms with van der Waals surface area (Å²) in [5, 5.41) is 24.4. The van der Waals surface area contributed by atoms with Gasteiger partial charge in [0.25, 0.3) is 11.6 Å². The summed E-state index contributed by atoms with van der Waals surface area (Å²) in [6.07, 6.45) is 1.27. The van der Waals surface area contributed by atoms with Crippen molar-refractivity contribution in [3.63, 3.8) is 0 Å². The van der Waals surface area contributed by atoms with Gasteiger partial charge in [-0.2, -0.15) is 5.10 Å². The molecule has 2 N–H and O–H groups in total. The van der Waals surface area contributed by atoms with Gasteiger partial charge in [0, 0.05) is 11.6 Å². The molecule has 3 rings (SSSR count). The lowest BCUT2D eigenvalue weighted by molar-refractivity contribution is -0.384. The molecule has 8 nitrogen and oxygen atoms in total. The summed E-state index contributed by atoms with van der Waals surface area (Å²) in [6.45, 7) is 0. The number of hydrogen-bond acceptors (Lipinski definition) is 6. The number of benzene rings is 2. The second-order valence-corrected chi connectivity index (χ2v) is 5.75. The summed E-state index contributed by atoms with van der Waals surface area (Å²) < 4.78 is 5.54. The summed E-state index contributed by atoms with van der Waals surface area (Å²) in [7, 11) is 0. The number of halogens is 1. The number of nitrogens with zero attached hydrogens (tertiary/aromatic N) is 2. The van der Waals surface area contributed by atoms with Crippen molar-refractivity contribution >= 4 is 29.4 Å². The summed E-state index contributed by atoms with van der Waals surface area (Å²) in [5.74, 6) is -0.0392. The number of phenols is 1. The molecule has 9 heteroatoms. The van der Waals surface area contributed by atoms with Crippen molar-refractivity contribution in [2.75, 3.05) is 0 Å². The van der Waals surface area contributed by atoms with Crippen LogP contribution in [0.25, 0.3) is 11.3 Å². The minimum absolute atomic E-state index is 0.0315. The molecule has 0 radical (unpaired) electrons. The van der Waals surface area contributed by atoms with Crippen molar-refractivity contribution in [3.8, 4) is 17.1 Å². The van der Waals surface area contributed by atoms with Gasteiger partial charge in [-0.1, -0.05) is 23.7 Å². The van der Waals surface area contributed by atoms with Crippen molar-refractivity contribution in [2.24, 2.45) is 5.10 Å². The fourth-order valence-electron chi connectivity index (χ4n) is 2.26. The predicted octanol–water partition coefficient (Wildman–Crippen LogP) is 3.98. The zero-order chi connectivity index (χ0) is 19.4. The Hall–Kier alpha value is -3.65. The normalized spacial score (nSPS) is 10.9. The van der Waals surface area contributed by atoms with E-state index in [1.165, 1.54) is 30.5 Å². The fraction of sp³-hybridized carbons (Fsp3) is 0. The van der Waals surface area contributed by atoms with Crippen LogP contribution in [0.3, 0.4) is 0 Å². The number of nitrogens with one attached hydrogen (secondary N) is 1. The molecular weight excluding hydrogens is 374 g/mol. The van der Waals surface area contributed by atoms with Gasteiger partial charge < -0.3 is 9.52 Å². The topological polar surface area (TPSA) is 118 Å². The van der Waals surface area contributed by atoms with Crippen molar-refractivity contribution in [1.82, 2.24) is 5.43 Å². The van der Waals surface area contributed by atoms with Crippen LogP contribution in [0.4, 0.5) is 5.69 Å². The summed E-state index contributed by atoms with van der Waals surface area (Å²) in [6, 6.07) is 13.6. The largest absolute Gasteiger partial charge is 0.507 e. The molecule has 0 aliphatic heterocycles. The Morgan fingerprint density at radius 2 is 2.00 bits per heavy atom. The zero-order valence-electron chi connectivity index (χ0n) is 13.6. The van der Waals surface area contributed by atoms with E-state index in [4.69, 9.17) is 16.0 Å². The minimum Gasteiger partial charge on any atom is -0.507 e. The lowest BCUT2D eigenvalue weighted by Crippen LogP contribution is -2.17. The first kappa shape index (κ1) is 18.2. The van der Waals surface area contributed by atoms with Gasteiger partial charge in [-0.05, 0) is 36.4 Å². The molecule has 1 aromatic heterocycles. The second kappa shape index (κ2) is 7.71. The smallest absolute Gasteiger partial charge is 0.288 e. The maximum atomic E-state index is 11.9. The molecule has 0 aliphatic rings. The molecule has 0 unspecified atom stereocenters. The van der Waals surface area contributed by atoms with E-state index in [9.17, 15) is 20.0 Å². The molecular formula is C18H12ClN3O5. The molecule has 0 spiro atoms. The molecule has 0 saturated heterocycles. The standard InChI is InChI=1S/C18H12ClN3O5/c19-14-7-5-11(9-15(14)22(25)26)17-8-6-12(27-17)10-20-21-18(24)13-3-1-2-4-16(13)23/h1-10,23H,(H,21,24)/b20-10-. The highest BCUT2D eigenvalue weighted by atomic mass is 35.5. The number of carbonyl (C=O) groups is 1. The van der Waals surface area contributed by atoms with Crippen LogP contribution < -0.4 is 5.43 Å². The quantitative estimate of drug-likeness (QED) is 0.391. The van der Waals surface area contributed by atoms with E-state index in [2.05, 4.69) is 10.5 Å². The third-order valence-corrected chi connectivity index (χ3v) is 3.88. The van der Waals surface area contributed by atoms with E-state index < -0.39 is 10.8 Å². The van der Waals surface area contributed by atoms with Crippen LogP contribution in [-0.4, -0.2) is 22.2 Å². The van der Waals surface area contributed by atoms with Crippen molar-refractivity contribution < 1.29 is 19.2 Å². The van der Waals surface area contributed by atoms with E-state index in [-0.39, 0.29) is 22.0 Å². The van der Waals surface area contributed by atoms with Gasteiger partial charge in [-0.15, -0.1) is 0 Å². The van der Waals surface area contributed by atoms with Crippen LogP contribution in [0.2, 0.25) is 5.02 Å². The summed E-state index contributed by atoms with van der Waals surface area (Å²) in [5.41, 5.74) is 2.61. The monoisotopic (exact) mass is 385 g/mol. The summed E-state index contributed by atoms with van der Waals surface area (Å²) >= 11 is 5.79. The van der Waals surface area contributed by atoms with Gasteiger partial charge in [0.15, 0.2) is 0 Å². The number of para-hydroxylation sites is 1. The number of carbonyl (C=O) groups excluding carboxylic acids is 1. The number of nitro groups is 1. The molecule has 0 aliphatic carbocycles. The van der Waals surface area contributed by atoms with E-state index in [1.54, 1.807) is 30.3 Å². The second-order valence-electron chi connectivity index (χ2n) is 5.34. The summed E-state index contributed by atoms with van der Waals surface area (Å²) in [4.78, 5) is 22.3. The number of hydrogen-bond donors (Lipinski definition) is 2. The number of hydrazone groups is 1. The Balaban J connectivity index is 1.72. The third kappa shape index (κ3) is 4.13. The van der Waals surface area contributed by atoms with Crippen LogP contribution in [0, 0.1) is 10.1 Å². The third-order valence-electron chi connectivity index (χ3n) is 3.56. The molecule has 136 valence electrons. The molecule has 0 atom stereocenters. The molecule has 0 fully saturated rings. The Kier molecular flexibility index (Phi) is 5.18. The molecule has 2 aromatic carbocycles. The predicted molar refractivity (Wildman–Crippen MR) is 99.0 cm³/mol. The highest BCUT2D eigenvalue weighted by molar-refractivity contribution is 6.32. The number of nitro benzene ring substituents is 1. The van der Waals surface area contributed by atoms with Crippen LogP contribution in [0.1, 0.15) is 16.1 Å². The van der Waals surface area contributed by atoms with Crippen LogP contribution in [0.5, 0.6) is 5.75 Å². The van der Waals surface area contributed by atoms with Crippen molar-refractivity contribution in [3.05, 3.63) is 81.1 Å². The average molecular weight is 386 g/mol. The lowest BCUT2D eigenvalue weighted by atomic mass is 10.1. The van der Waals surface area contributed by atoms with Gasteiger partial charge in [-0.3, -0.25) is 14.9 Å². The van der Waals surface area contributed by atoms with Crippen LogP contribution >= 0.6 is 11.6 Å². The number of furan rings is 1. The van der Waals surface area contributed by atoms with Crippen LogP contribution in [-0.2, 0) is 0 Å². The molecule has 0 saturated carbocycles. The Bertz CT molecular complexity index is 1040. The van der Waals surface area contributed by atoms with Gasteiger partial charge in [0.1, 0.15) is 22.3 Å². The fourth-order valence-corrected chi connectivity index (χ4v) is 2.45. The lowest BCUT2D eigenvalue weighted by Gasteiger charge is -2.01. The van der Waals surface area contributed by atoms with Gasteiger partial charge in [0.05, 0.1) is 16.7 Å². The maximum absolute atomic E-state index is 11.9. The van der Waals surface area contributed by atoms with E-state index in [0.717, 1.165) is 0 Å². The average Bonchev–Trinajstić information content (AvgIpc) is 3.11. The first-order valence-corrected chi connectivity index (χ1v) is 7.99. The SMILES string of the molecule is O=C(N/N=C\c1ccc(-c2ccc(Cl)c([N+](=O)[O-])c2)o1)c1ccccc1O. The number of aromatic hydroxyl groups is 1. The molecule has 0 bridgehead atoms. The molecule has 1 heterocycles. The first-order chi connectivity index (χ1) is 13.0. The van der Waals surface area contributed by atoms with E-state index in [1.807, 2.05) is 0 Å². The highest BCUT2D eigenvalue weighted by Crippen LogP contribution is 2.31. The van der Waals surface area contributed by atoms with Gasteiger partial charge in [-0.25, -0.2) is 5.43 Å². The Labute approximate surface area is 157 Å². The maximum Gasteiger partial charge on any atom is 0.288 e. The first-order valence-electron chi connectivity index (χ1n) is 7.61. The van der Waals surface area contributed by atoms with Crippen molar-refractivity contribution in [1.29, 1.82) is 0 Å². The van der Waals surface area contributed by atoms with Gasteiger partial charge in [0.2, 0.25) is 0 Å².